The number of carbonyl (C=O) groups is 2. The van der Waals surface area contributed by atoms with E-state index in [1.54, 1.807) is 6.07 Å². The third-order valence-electron chi connectivity index (χ3n) is 4.80. The Kier molecular flexibility index (Phi) is 11.2. The van der Waals surface area contributed by atoms with Crippen LogP contribution in [0, 0.1) is 0 Å². The first-order valence-corrected chi connectivity index (χ1v) is 10.0. The maximum absolute atomic E-state index is 12.3. The zero-order chi connectivity index (χ0) is 20.1. The largest absolute Gasteiger partial charge is 0.497 e. The zero-order valence-electron chi connectivity index (χ0n) is 17.0. The lowest BCUT2D eigenvalue weighted by atomic mass is 9.97. The second-order valence-electron chi connectivity index (χ2n) is 6.95. The van der Waals surface area contributed by atoms with Gasteiger partial charge < -0.3 is 14.6 Å². The normalized spacial score (nSPS) is 10.6. The van der Waals surface area contributed by atoms with Gasteiger partial charge in [-0.15, -0.1) is 0 Å². The van der Waals surface area contributed by atoms with Crippen LogP contribution in [0.1, 0.15) is 87.1 Å². The van der Waals surface area contributed by atoms with Crippen LogP contribution in [0.5, 0.6) is 11.5 Å². The highest BCUT2D eigenvalue weighted by molar-refractivity contribution is 5.93. The maximum atomic E-state index is 12.3. The number of benzene rings is 1. The van der Waals surface area contributed by atoms with Crippen molar-refractivity contribution in [2.75, 3.05) is 14.2 Å². The Morgan fingerprint density at radius 3 is 2.00 bits per heavy atom. The Labute approximate surface area is 163 Å². The van der Waals surface area contributed by atoms with Gasteiger partial charge in [-0.05, 0) is 12.5 Å². The highest BCUT2D eigenvalue weighted by Crippen LogP contribution is 2.30. The number of carbonyl (C=O) groups excluding carboxylic acids is 1. The van der Waals surface area contributed by atoms with Gasteiger partial charge in [0.25, 0.3) is 0 Å². The molecule has 1 N–H and O–H groups in total. The molecule has 0 saturated carbocycles. The molecule has 1 aromatic carbocycles. The number of unbranched alkanes of at least 4 members (excludes halogenated alkanes) is 8. The van der Waals surface area contributed by atoms with Crippen molar-refractivity contribution in [2.45, 2.75) is 77.6 Å². The molecule has 0 spiro atoms. The minimum absolute atomic E-state index is 0.0453. The van der Waals surface area contributed by atoms with Gasteiger partial charge in [0.15, 0.2) is 0 Å². The smallest absolute Gasteiger partial charge is 0.336 e. The van der Waals surface area contributed by atoms with Crippen LogP contribution in [-0.2, 0) is 11.2 Å². The maximum Gasteiger partial charge on any atom is 0.336 e. The number of ketones is 1. The molecule has 5 heteroatoms. The van der Waals surface area contributed by atoms with Gasteiger partial charge in [-0.1, -0.05) is 58.3 Å². The quantitative estimate of drug-likeness (QED) is 0.412. The molecule has 0 amide bonds. The van der Waals surface area contributed by atoms with Crippen LogP contribution in [0.2, 0.25) is 0 Å². The van der Waals surface area contributed by atoms with Crippen molar-refractivity contribution in [3.05, 3.63) is 23.3 Å². The highest BCUT2D eigenvalue weighted by atomic mass is 16.5. The Bertz CT molecular complexity index is 595. The lowest BCUT2D eigenvalue weighted by Gasteiger charge is -2.13. The van der Waals surface area contributed by atoms with E-state index >= 15 is 0 Å². The van der Waals surface area contributed by atoms with E-state index in [9.17, 15) is 14.7 Å². The van der Waals surface area contributed by atoms with Crippen molar-refractivity contribution in [3.8, 4) is 11.5 Å². The van der Waals surface area contributed by atoms with Crippen molar-refractivity contribution >= 4 is 11.8 Å². The molecule has 1 aromatic rings. The molecule has 0 unspecified atom stereocenters. The van der Waals surface area contributed by atoms with Crippen molar-refractivity contribution in [1.82, 2.24) is 0 Å². The summed E-state index contributed by atoms with van der Waals surface area (Å²) < 4.78 is 10.4. The summed E-state index contributed by atoms with van der Waals surface area (Å²) in [6.07, 6.45) is 11.3. The summed E-state index contributed by atoms with van der Waals surface area (Å²) in [5.74, 6) is -0.256. The van der Waals surface area contributed by atoms with Crippen LogP contribution in [0.15, 0.2) is 12.1 Å². The molecule has 152 valence electrons. The summed E-state index contributed by atoms with van der Waals surface area (Å²) in [5.41, 5.74) is 0.485. The molecule has 0 atom stereocenters. The van der Waals surface area contributed by atoms with Crippen LogP contribution >= 0.6 is 0 Å². The average Bonchev–Trinajstić information content (AvgIpc) is 2.66. The van der Waals surface area contributed by atoms with E-state index in [1.165, 1.54) is 58.8 Å². The average molecular weight is 379 g/mol. The minimum Gasteiger partial charge on any atom is -0.497 e. The Morgan fingerprint density at radius 2 is 1.48 bits per heavy atom. The van der Waals surface area contributed by atoms with Gasteiger partial charge in [0.2, 0.25) is 0 Å². The van der Waals surface area contributed by atoms with Gasteiger partial charge in [0.1, 0.15) is 17.3 Å². The third-order valence-corrected chi connectivity index (χ3v) is 4.80. The summed E-state index contributed by atoms with van der Waals surface area (Å²) >= 11 is 0. The minimum atomic E-state index is -1.09. The summed E-state index contributed by atoms with van der Waals surface area (Å²) in [5, 5.41) is 9.45. The van der Waals surface area contributed by atoms with Crippen LogP contribution in [0.3, 0.4) is 0 Å². The molecule has 0 bridgehead atoms. The lowest BCUT2D eigenvalue weighted by molar-refractivity contribution is -0.118. The fourth-order valence-electron chi connectivity index (χ4n) is 3.21. The number of Topliss-reactive ketones (excluding diaryl/α,β-unsaturated/α-hetero) is 1. The molecule has 0 aliphatic carbocycles. The molecule has 0 aromatic heterocycles. The predicted molar refractivity (Wildman–Crippen MR) is 107 cm³/mol. The third kappa shape index (κ3) is 8.46. The van der Waals surface area contributed by atoms with Gasteiger partial charge in [0, 0.05) is 24.5 Å². The molecule has 0 aliphatic heterocycles. The monoisotopic (exact) mass is 378 g/mol. The second kappa shape index (κ2) is 13.2. The fraction of sp³-hybridized carbons (Fsp3) is 0.636. The van der Waals surface area contributed by atoms with E-state index in [2.05, 4.69) is 6.92 Å². The molecule has 27 heavy (non-hydrogen) atoms. The molecular formula is C22H34O5. The van der Waals surface area contributed by atoms with E-state index in [0.717, 1.165) is 19.3 Å². The molecule has 0 heterocycles. The number of carboxylic acid groups (broad SMARTS) is 1. The Balaban J connectivity index is 2.47. The van der Waals surface area contributed by atoms with Crippen molar-refractivity contribution in [2.24, 2.45) is 0 Å². The van der Waals surface area contributed by atoms with E-state index in [1.807, 2.05) is 0 Å². The molecule has 1 rings (SSSR count). The Hall–Kier alpha value is -2.04. The van der Waals surface area contributed by atoms with Crippen LogP contribution in [-0.4, -0.2) is 31.1 Å². The Morgan fingerprint density at radius 1 is 0.889 bits per heavy atom. The number of carboxylic acids is 1. The molecule has 5 nitrogen and oxygen atoms in total. The van der Waals surface area contributed by atoms with Crippen molar-refractivity contribution < 1.29 is 24.2 Å². The SMILES string of the molecule is CCCCCCCCCCCC(=O)Cc1c(OC)cc(OC)cc1C(=O)O. The van der Waals surface area contributed by atoms with E-state index in [-0.39, 0.29) is 17.8 Å². The first kappa shape index (κ1) is 23.0. The van der Waals surface area contributed by atoms with Gasteiger partial charge in [-0.2, -0.15) is 0 Å². The molecular weight excluding hydrogens is 344 g/mol. The fourth-order valence-corrected chi connectivity index (χ4v) is 3.21. The second-order valence-corrected chi connectivity index (χ2v) is 6.95. The van der Waals surface area contributed by atoms with Crippen LogP contribution < -0.4 is 9.47 Å². The number of ether oxygens (including phenoxy) is 2. The van der Waals surface area contributed by atoms with Crippen LogP contribution in [0.25, 0.3) is 0 Å². The van der Waals surface area contributed by atoms with Crippen molar-refractivity contribution in [3.63, 3.8) is 0 Å². The van der Waals surface area contributed by atoms with E-state index < -0.39 is 5.97 Å². The summed E-state index contributed by atoms with van der Waals surface area (Å²) in [7, 11) is 2.93. The number of methoxy groups -OCH3 is 2. The number of hydrogen-bond acceptors (Lipinski definition) is 4. The number of aromatic carboxylic acids is 1. The van der Waals surface area contributed by atoms with E-state index in [0.29, 0.717) is 23.5 Å². The van der Waals surface area contributed by atoms with Crippen molar-refractivity contribution in [1.29, 1.82) is 0 Å². The number of rotatable bonds is 15. The first-order valence-electron chi connectivity index (χ1n) is 10.0. The first-order chi connectivity index (χ1) is 13.0. The van der Waals surface area contributed by atoms with Gasteiger partial charge >= 0.3 is 5.97 Å². The van der Waals surface area contributed by atoms with Crippen LogP contribution in [0.4, 0.5) is 0 Å². The van der Waals surface area contributed by atoms with Gasteiger partial charge in [-0.25, -0.2) is 4.79 Å². The standard InChI is InChI=1S/C22H34O5/c1-4-5-6-7-8-9-10-11-12-13-17(23)14-19-20(22(24)25)15-18(26-2)16-21(19)27-3/h15-16H,4-14H2,1-3H3,(H,24,25). The molecule has 0 aliphatic rings. The van der Waals surface area contributed by atoms with Gasteiger partial charge in [-0.3, -0.25) is 4.79 Å². The van der Waals surface area contributed by atoms with E-state index in [4.69, 9.17) is 9.47 Å². The highest BCUT2D eigenvalue weighted by Gasteiger charge is 2.19. The molecule has 0 fully saturated rings. The topological polar surface area (TPSA) is 72.8 Å². The summed E-state index contributed by atoms with van der Waals surface area (Å²) in [6.45, 7) is 2.22. The predicted octanol–water partition coefficient (Wildman–Crippen LogP) is 5.43. The molecule has 0 radical (unpaired) electrons. The zero-order valence-corrected chi connectivity index (χ0v) is 17.0. The molecule has 0 saturated heterocycles. The number of hydrogen-bond donors (Lipinski definition) is 1. The summed E-state index contributed by atoms with van der Waals surface area (Å²) in [6, 6.07) is 3.06. The summed E-state index contributed by atoms with van der Waals surface area (Å²) in [4.78, 5) is 23.9. The van der Waals surface area contributed by atoms with Gasteiger partial charge in [0.05, 0.1) is 19.8 Å². The lowest BCUT2D eigenvalue weighted by Crippen LogP contribution is -2.11.